The van der Waals surface area contributed by atoms with Gasteiger partial charge in [-0.15, -0.1) is 11.3 Å². The summed E-state index contributed by atoms with van der Waals surface area (Å²) in [5.41, 5.74) is 3.95. The quantitative estimate of drug-likeness (QED) is 0.861. The molecule has 2 aromatic rings. The first-order valence-corrected chi connectivity index (χ1v) is 7.01. The normalized spacial score (nSPS) is 10.3. The zero-order valence-electron chi connectivity index (χ0n) is 11.6. The summed E-state index contributed by atoms with van der Waals surface area (Å²) in [4.78, 5) is 21.4. The molecule has 0 spiro atoms. The molecule has 1 amide bonds. The number of carbonyl (C=O) groups excluding carboxylic acids is 1. The van der Waals surface area contributed by atoms with Gasteiger partial charge in [0.05, 0.1) is 19.4 Å². The zero-order valence-corrected chi connectivity index (χ0v) is 12.4. The van der Waals surface area contributed by atoms with Crippen molar-refractivity contribution < 1.29 is 14.4 Å². The fraction of sp³-hybridized carbons (Fsp3) is 0.286. The minimum atomic E-state index is -0.278. The Morgan fingerprint density at radius 1 is 1.35 bits per heavy atom. The number of benzene rings is 1. The average Bonchev–Trinajstić information content (AvgIpc) is 2.82. The van der Waals surface area contributed by atoms with E-state index in [1.165, 1.54) is 18.4 Å². The Bertz CT molecular complexity index is 593. The van der Waals surface area contributed by atoms with E-state index in [0.29, 0.717) is 17.2 Å². The second kappa shape index (κ2) is 6.49. The van der Waals surface area contributed by atoms with Crippen LogP contribution in [0.25, 0.3) is 10.6 Å². The molecule has 1 N–H and O–H groups in total. The largest absolute Gasteiger partial charge is 0.494 e. The van der Waals surface area contributed by atoms with Crippen molar-refractivity contribution in [3.8, 4) is 16.3 Å². The van der Waals surface area contributed by atoms with Crippen molar-refractivity contribution in [3.05, 3.63) is 34.8 Å². The first-order chi connectivity index (χ1) is 9.65. The van der Waals surface area contributed by atoms with Crippen LogP contribution >= 0.6 is 11.3 Å². The lowest BCUT2D eigenvalue weighted by Crippen LogP contribution is -2.21. The van der Waals surface area contributed by atoms with Crippen molar-refractivity contribution in [2.24, 2.45) is 0 Å². The van der Waals surface area contributed by atoms with Gasteiger partial charge in [-0.25, -0.2) is 10.5 Å². The number of thiazole rings is 1. The minimum Gasteiger partial charge on any atom is -0.494 e. The molecular formula is C14H16N2O3S. The monoisotopic (exact) mass is 292 g/mol. The molecule has 6 heteroatoms. The molecule has 0 unspecified atom stereocenters. The highest BCUT2D eigenvalue weighted by Gasteiger charge is 2.16. The van der Waals surface area contributed by atoms with E-state index in [1.54, 1.807) is 6.92 Å². The van der Waals surface area contributed by atoms with Crippen molar-refractivity contribution in [3.63, 3.8) is 0 Å². The lowest BCUT2D eigenvalue weighted by molar-refractivity contribution is 0.0541. The van der Waals surface area contributed by atoms with Gasteiger partial charge in [-0.2, -0.15) is 0 Å². The molecule has 2 rings (SSSR count). The van der Waals surface area contributed by atoms with Crippen LogP contribution in [-0.2, 0) is 4.84 Å². The van der Waals surface area contributed by atoms with Gasteiger partial charge in [0, 0.05) is 5.56 Å². The number of hydrogen-bond acceptors (Lipinski definition) is 5. The predicted octanol–water partition coefficient (Wildman–Crippen LogP) is 2.81. The maximum atomic E-state index is 11.8. The second-order valence-electron chi connectivity index (χ2n) is 4.03. The number of aryl methyl sites for hydroxylation is 1. The van der Waals surface area contributed by atoms with E-state index in [4.69, 9.17) is 4.74 Å². The van der Waals surface area contributed by atoms with Gasteiger partial charge in [0.25, 0.3) is 5.91 Å². The highest BCUT2D eigenvalue weighted by molar-refractivity contribution is 7.17. The lowest BCUT2D eigenvalue weighted by Gasteiger charge is -2.02. The molecule has 1 heterocycles. The van der Waals surface area contributed by atoms with Crippen LogP contribution in [0.4, 0.5) is 0 Å². The Hall–Kier alpha value is -1.92. The molecule has 0 aliphatic heterocycles. The van der Waals surface area contributed by atoms with Gasteiger partial charge in [-0.05, 0) is 38.1 Å². The van der Waals surface area contributed by atoms with Crippen LogP contribution in [0.3, 0.4) is 0 Å². The molecule has 0 aliphatic rings. The highest BCUT2D eigenvalue weighted by Crippen LogP contribution is 2.29. The van der Waals surface area contributed by atoms with E-state index in [-0.39, 0.29) is 5.91 Å². The van der Waals surface area contributed by atoms with E-state index in [1.807, 2.05) is 31.2 Å². The number of hydrogen-bond donors (Lipinski definition) is 1. The molecule has 0 aliphatic carbocycles. The third-order valence-electron chi connectivity index (χ3n) is 2.61. The molecule has 0 radical (unpaired) electrons. The summed E-state index contributed by atoms with van der Waals surface area (Å²) in [5, 5.41) is 0.798. The van der Waals surface area contributed by atoms with E-state index < -0.39 is 0 Å². The van der Waals surface area contributed by atoms with Crippen LogP contribution in [0, 0.1) is 6.92 Å². The number of nitrogens with zero attached hydrogens (tertiary/aromatic N) is 1. The van der Waals surface area contributed by atoms with Crippen molar-refractivity contribution >= 4 is 17.2 Å². The summed E-state index contributed by atoms with van der Waals surface area (Å²) in [6.07, 6.45) is 0. The first-order valence-electron chi connectivity index (χ1n) is 6.19. The molecule has 0 fully saturated rings. The smallest absolute Gasteiger partial charge is 0.286 e. The zero-order chi connectivity index (χ0) is 14.5. The first kappa shape index (κ1) is 14.5. The van der Waals surface area contributed by atoms with E-state index in [9.17, 15) is 4.79 Å². The third-order valence-corrected chi connectivity index (χ3v) is 3.82. The molecule has 5 nitrogen and oxygen atoms in total. The van der Waals surface area contributed by atoms with Gasteiger partial charge < -0.3 is 4.74 Å². The maximum absolute atomic E-state index is 11.8. The molecule has 1 aromatic heterocycles. The van der Waals surface area contributed by atoms with E-state index >= 15 is 0 Å². The average molecular weight is 292 g/mol. The van der Waals surface area contributed by atoms with Crippen LogP contribution < -0.4 is 10.2 Å². The van der Waals surface area contributed by atoms with Gasteiger partial charge in [0.1, 0.15) is 15.6 Å². The summed E-state index contributed by atoms with van der Waals surface area (Å²) >= 11 is 1.34. The highest BCUT2D eigenvalue weighted by atomic mass is 32.1. The number of aromatic nitrogens is 1. The number of rotatable bonds is 5. The summed E-state index contributed by atoms with van der Waals surface area (Å²) < 4.78 is 5.40. The van der Waals surface area contributed by atoms with Crippen LogP contribution in [0.1, 0.15) is 22.3 Å². The van der Waals surface area contributed by atoms with Crippen LogP contribution in [-0.4, -0.2) is 24.6 Å². The Kier molecular flexibility index (Phi) is 4.70. The molecule has 0 saturated heterocycles. The van der Waals surface area contributed by atoms with Crippen LogP contribution in [0.15, 0.2) is 24.3 Å². The van der Waals surface area contributed by atoms with Crippen molar-refractivity contribution in [1.82, 2.24) is 10.5 Å². The maximum Gasteiger partial charge on any atom is 0.286 e. The lowest BCUT2D eigenvalue weighted by atomic mass is 10.2. The van der Waals surface area contributed by atoms with Crippen molar-refractivity contribution in [2.75, 3.05) is 13.7 Å². The summed E-state index contributed by atoms with van der Waals surface area (Å²) in [5.74, 6) is 0.543. The number of nitrogens with one attached hydrogen (secondary N) is 1. The van der Waals surface area contributed by atoms with Gasteiger partial charge >= 0.3 is 0 Å². The SMILES string of the molecule is CCOc1ccc(-c2nc(C)c(C(=O)NOC)s2)cc1. The second-order valence-corrected chi connectivity index (χ2v) is 5.03. The number of amides is 1. The van der Waals surface area contributed by atoms with E-state index in [0.717, 1.165) is 16.3 Å². The summed E-state index contributed by atoms with van der Waals surface area (Å²) in [7, 11) is 1.40. The Morgan fingerprint density at radius 3 is 2.65 bits per heavy atom. The van der Waals surface area contributed by atoms with Gasteiger partial charge in [-0.3, -0.25) is 9.63 Å². The van der Waals surface area contributed by atoms with E-state index in [2.05, 4.69) is 15.3 Å². The Morgan fingerprint density at radius 2 is 2.05 bits per heavy atom. The fourth-order valence-electron chi connectivity index (χ4n) is 1.73. The van der Waals surface area contributed by atoms with Crippen molar-refractivity contribution in [2.45, 2.75) is 13.8 Å². The van der Waals surface area contributed by atoms with Crippen LogP contribution in [0.5, 0.6) is 5.75 Å². The molecule has 106 valence electrons. The number of ether oxygens (including phenoxy) is 1. The van der Waals surface area contributed by atoms with Crippen LogP contribution in [0.2, 0.25) is 0 Å². The Labute approximate surface area is 121 Å². The standard InChI is InChI=1S/C14H16N2O3S/c1-4-19-11-7-5-10(6-8-11)14-15-9(2)12(20-14)13(17)16-18-3/h5-8H,4H2,1-3H3,(H,16,17). The van der Waals surface area contributed by atoms with Gasteiger partial charge in [-0.1, -0.05) is 0 Å². The number of hydroxylamine groups is 1. The molecular weight excluding hydrogens is 276 g/mol. The van der Waals surface area contributed by atoms with Gasteiger partial charge in [0.15, 0.2) is 0 Å². The molecule has 20 heavy (non-hydrogen) atoms. The molecule has 0 bridgehead atoms. The minimum absolute atomic E-state index is 0.278. The third kappa shape index (κ3) is 3.15. The van der Waals surface area contributed by atoms with Crippen molar-refractivity contribution in [1.29, 1.82) is 0 Å². The molecule has 1 aromatic carbocycles. The molecule has 0 saturated carbocycles. The topological polar surface area (TPSA) is 60.5 Å². The summed E-state index contributed by atoms with van der Waals surface area (Å²) in [6, 6.07) is 7.65. The fourth-order valence-corrected chi connectivity index (χ4v) is 2.69. The number of carbonyl (C=O) groups is 1. The Balaban J connectivity index is 2.25. The van der Waals surface area contributed by atoms with Gasteiger partial charge in [0.2, 0.25) is 0 Å². The predicted molar refractivity (Wildman–Crippen MR) is 77.9 cm³/mol. The molecule has 0 atom stereocenters. The summed E-state index contributed by atoms with van der Waals surface area (Å²) in [6.45, 7) is 4.38.